The number of fused-ring (bicyclic) bond motifs is 1. The van der Waals surface area contributed by atoms with Crippen molar-refractivity contribution in [3.63, 3.8) is 0 Å². The number of anilines is 1. The second-order valence-electron chi connectivity index (χ2n) is 3.58. The number of nitrogens with two attached hydrogens (primary N) is 1. The van der Waals surface area contributed by atoms with Crippen molar-refractivity contribution in [3.05, 3.63) is 30.5 Å². The third kappa shape index (κ3) is 1.66. The average Bonchev–Trinajstić information content (AvgIpc) is 2.94. The summed E-state index contributed by atoms with van der Waals surface area (Å²) in [6.45, 7) is 0. The SMILES string of the molecule is Nc1ncc(S(=O)(=O)c2nc3ccccc3[nH]2)s1. The van der Waals surface area contributed by atoms with Crippen LogP contribution in [0.3, 0.4) is 0 Å². The van der Waals surface area contributed by atoms with Gasteiger partial charge in [-0.25, -0.2) is 18.4 Å². The molecule has 0 saturated heterocycles. The Morgan fingerprint density at radius 3 is 2.72 bits per heavy atom. The average molecular weight is 280 g/mol. The molecule has 2 heterocycles. The maximum atomic E-state index is 12.2. The summed E-state index contributed by atoms with van der Waals surface area (Å²) in [4.78, 5) is 10.6. The molecule has 8 heteroatoms. The van der Waals surface area contributed by atoms with E-state index in [9.17, 15) is 8.42 Å². The van der Waals surface area contributed by atoms with E-state index in [0.717, 1.165) is 11.3 Å². The van der Waals surface area contributed by atoms with Gasteiger partial charge in [0.1, 0.15) is 4.21 Å². The summed E-state index contributed by atoms with van der Waals surface area (Å²) in [7, 11) is -3.67. The van der Waals surface area contributed by atoms with Crippen LogP contribution in [0.15, 0.2) is 39.8 Å². The maximum Gasteiger partial charge on any atom is 0.250 e. The summed E-state index contributed by atoms with van der Waals surface area (Å²) in [6, 6.07) is 7.11. The Labute approximate surface area is 106 Å². The van der Waals surface area contributed by atoms with Gasteiger partial charge < -0.3 is 10.7 Å². The van der Waals surface area contributed by atoms with Gasteiger partial charge in [0.15, 0.2) is 5.13 Å². The number of aromatic nitrogens is 3. The van der Waals surface area contributed by atoms with Crippen molar-refractivity contribution in [2.45, 2.75) is 9.37 Å². The lowest BCUT2D eigenvalue weighted by Crippen LogP contribution is -2.01. The number of imidazole rings is 1. The highest BCUT2D eigenvalue weighted by atomic mass is 32.2. The van der Waals surface area contributed by atoms with Gasteiger partial charge in [0.05, 0.1) is 17.2 Å². The third-order valence-corrected chi connectivity index (χ3v) is 5.26. The van der Waals surface area contributed by atoms with Gasteiger partial charge >= 0.3 is 0 Å². The number of nitrogens with one attached hydrogen (secondary N) is 1. The molecule has 0 aliphatic carbocycles. The summed E-state index contributed by atoms with van der Waals surface area (Å²) in [5, 5.41) is 0.122. The van der Waals surface area contributed by atoms with E-state index < -0.39 is 9.84 Å². The van der Waals surface area contributed by atoms with Gasteiger partial charge in [-0.1, -0.05) is 23.5 Å². The summed E-state index contributed by atoms with van der Waals surface area (Å²) < 4.78 is 24.6. The van der Waals surface area contributed by atoms with Crippen LogP contribution in [0.1, 0.15) is 0 Å². The minimum atomic E-state index is -3.67. The van der Waals surface area contributed by atoms with Crippen molar-refractivity contribution >= 4 is 37.3 Å². The monoisotopic (exact) mass is 280 g/mol. The van der Waals surface area contributed by atoms with Crippen molar-refractivity contribution in [1.29, 1.82) is 0 Å². The number of nitrogens with zero attached hydrogens (tertiary/aromatic N) is 2. The maximum absolute atomic E-state index is 12.2. The largest absolute Gasteiger partial charge is 0.375 e. The number of benzene rings is 1. The van der Waals surface area contributed by atoms with E-state index in [0.29, 0.717) is 11.0 Å². The summed E-state index contributed by atoms with van der Waals surface area (Å²) in [6.07, 6.45) is 1.24. The van der Waals surface area contributed by atoms with E-state index in [-0.39, 0.29) is 14.5 Å². The molecule has 0 bridgehead atoms. The zero-order valence-corrected chi connectivity index (χ0v) is 10.6. The Hall–Kier alpha value is -1.93. The highest BCUT2D eigenvalue weighted by molar-refractivity contribution is 7.93. The Balaban J connectivity index is 2.19. The summed E-state index contributed by atoms with van der Waals surface area (Å²) in [5.74, 6) is 0. The Morgan fingerprint density at radius 2 is 2.06 bits per heavy atom. The topological polar surface area (TPSA) is 102 Å². The van der Waals surface area contributed by atoms with Crippen molar-refractivity contribution in [2.24, 2.45) is 0 Å². The zero-order valence-electron chi connectivity index (χ0n) is 8.99. The van der Waals surface area contributed by atoms with E-state index in [4.69, 9.17) is 5.73 Å². The second kappa shape index (κ2) is 3.79. The molecule has 2 aromatic heterocycles. The van der Waals surface area contributed by atoms with Crippen LogP contribution in [-0.4, -0.2) is 23.4 Å². The first kappa shape index (κ1) is 11.2. The van der Waals surface area contributed by atoms with E-state index in [1.807, 2.05) is 6.07 Å². The van der Waals surface area contributed by atoms with Crippen molar-refractivity contribution in [3.8, 4) is 0 Å². The van der Waals surface area contributed by atoms with Crippen LogP contribution in [0.4, 0.5) is 5.13 Å². The quantitative estimate of drug-likeness (QED) is 0.739. The molecule has 0 aliphatic rings. The van der Waals surface area contributed by atoms with Crippen molar-refractivity contribution in [1.82, 2.24) is 15.0 Å². The lowest BCUT2D eigenvalue weighted by Gasteiger charge is -1.94. The molecule has 18 heavy (non-hydrogen) atoms. The van der Waals surface area contributed by atoms with Gasteiger partial charge in [-0.2, -0.15) is 0 Å². The Kier molecular flexibility index (Phi) is 2.35. The molecule has 0 spiro atoms. The highest BCUT2D eigenvalue weighted by Gasteiger charge is 2.24. The number of aromatic amines is 1. The van der Waals surface area contributed by atoms with Crippen LogP contribution in [-0.2, 0) is 9.84 Å². The van der Waals surface area contributed by atoms with E-state index >= 15 is 0 Å². The first-order valence-electron chi connectivity index (χ1n) is 4.98. The number of hydrogen-bond acceptors (Lipinski definition) is 6. The van der Waals surface area contributed by atoms with Crippen molar-refractivity contribution < 1.29 is 8.42 Å². The first-order valence-corrected chi connectivity index (χ1v) is 7.28. The second-order valence-corrected chi connectivity index (χ2v) is 6.73. The molecular weight excluding hydrogens is 272 g/mol. The van der Waals surface area contributed by atoms with Crippen LogP contribution in [0.25, 0.3) is 11.0 Å². The fourth-order valence-corrected chi connectivity index (χ4v) is 3.74. The molecule has 0 atom stereocenters. The van der Waals surface area contributed by atoms with Crippen molar-refractivity contribution in [2.75, 3.05) is 5.73 Å². The van der Waals surface area contributed by atoms with E-state index in [1.165, 1.54) is 6.20 Å². The number of nitrogen functional groups attached to an aromatic ring is 1. The number of hydrogen-bond donors (Lipinski definition) is 2. The number of sulfone groups is 1. The smallest absolute Gasteiger partial charge is 0.250 e. The van der Waals surface area contributed by atoms with Gasteiger partial charge in [0.2, 0.25) is 5.16 Å². The Morgan fingerprint density at radius 1 is 1.28 bits per heavy atom. The standard InChI is InChI=1S/C10H8N4O2S2/c11-9-12-5-8(17-9)18(15,16)10-13-6-3-1-2-4-7(6)14-10/h1-5H,(H2,11,12)(H,13,14). The molecule has 92 valence electrons. The lowest BCUT2D eigenvalue weighted by molar-refractivity contribution is 0.591. The molecule has 6 nitrogen and oxygen atoms in total. The number of rotatable bonds is 2. The van der Waals surface area contributed by atoms with Crippen LogP contribution >= 0.6 is 11.3 Å². The minimum Gasteiger partial charge on any atom is -0.375 e. The number of H-pyrrole nitrogens is 1. The normalized spacial score (nSPS) is 12.0. The molecule has 0 unspecified atom stereocenters. The van der Waals surface area contributed by atoms with Gasteiger partial charge in [-0.05, 0) is 12.1 Å². The Bertz CT molecular complexity index is 786. The highest BCUT2D eigenvalue weighted by Crippen LogP contribution is 2.26. The van der Waals surface area contributed by atoms with Gasteiger partial charge in [0, 0.05) is 0 Å². The molecule has 0 fully saturated rings. The summed E-state index contributed by atoms with van der Waals surface area (Å²) >= 11 is 0.918. The van der Waals surface area contributed by atoms with Crippen LogP contribution < -0.4 is 5.73 Å². The predicted molar refractivity (Wildman–Crippen MR) is 68.1 cm³/mol. The van der Waals surface area contributed by atoms with Crippen LogP contribution in [0.5, 0.6) is 0 Å². The fourth-order valence-electron chi connectivity index (χ4n) is 1.55. The molecule has 0 aliphatic heterocycles. The van der Waals surface area contributed by atoms with Gasteiger partial charge in [-0.15, -0.1) is 0 Å². The van der Waals surface area contributed by atoms with E-state index in [1.54, 1.807) is 18.2 Å². The fraction of sp³-hybridized carbons (Fsp3) is 0. The molecule has 3 aromatic rings. The first-order chi connectivity index (χ1) is 8.57. The molecule has 0 radical (unpaired) electrons. The van der Waals surface area contributed by atoms with Gasteiger partial charge in [-0.3, -0.25) is 0 Å². The number of thiazole rings is 1. The van der Waals surface area contributed by atoms with Crippen LogP contribution in [0.2, 0.25) is 0 Å². The van der Waals surface area contributed by atoms with E-state index in [2.05, 4.69) is 15.0 Å². The zero-order chi connectivity index (χ0) is 12.8. The third-order valence-electron chi connectivity index (χ3n) is 2.39. The molecule has 3 rings (SSSR count). The minimum absolute atomic E-state index is 0.0825. The predicted octanol–water partition coefficient (Wildman–Crippen LogP) is 1.43. The molecule has 1 aromatic carbocycles. The lowest BCUT2D eigenvalue weighted by atomic mass is 10.3. The summed E-state index contributed by atoms with van der Waals surface area (Å²) in [5.41, 5.74) is 6.72. The molecule has 0 saturated carbocycles. The number of para-hydroxylation sites is 2. The molecule has 0 amide bonds. The molecular formula is C10H8N4O2S2. The van der Waals surface area contributed by atoms with Gasteiger partial charge in [0.25, 0.3) is 9.84 Å². The molecule has 3 N–H and O–H groups in total. The van der Waals surface area contributed by atoms with Crippen LogP contribution in [0, 0.1) is 0 Å².